The highest BCUT2D eigenvalue weighted by Crippen LogP contribution is 2.41. The first-order valence-electron chi connectivity index (χ1n) is 7.19. The minimum atomic E-state index is -0.160. The molecule has 1 saturated carbocycles. The summed E-state index contributed by atoms with van der Waals surface area (Å²) in [7, 11) is 0. The van der Waals surface area contributed by atoms with Crippen LogP contribution in [-0.2, 0) is 5.54 Å². The zero-order valence-electron chi connectivity index (χ0n) is 11.8. The molecule has 0 aliphatic heterocycles. The van der Waals surface area contributed by atoms with Crippen LogP contribution < -0.4 is 10.5 Å². The Kier molecular flexibility index (Phi) is 3.76. The van der Waals surface area contributed by atoms with Gasteiger partial charge in [-0.3, -0.25) is 0 Å². The number of aromatic nitrogens is 1. The molecule has 1 fully saturated rings. The second kappa shape index (κ2) is 5.54. The minimum absolute atomic E-state index is 0.160. The number of hydrogen-bond acceptors (Lipinski definition) is 4. The molecule has 1 aliphatic rings. The van der Waals surface area contributed by atoms with Crippen LogP contribution in [0.4, 0.5) is 0 Å². The van der Waals surface area contributed by atoms with Gasteiger partial charge in [0.1, 0.15) is 10.8 Å². The summed E-state index contributed by atoms with van der Waals surface area (Å²) in [6.07, 6.45) is 4.36. The van der Waals surface area contributed by atoms with E-state index in [0.29, 0.717) is 0 Å². The van der Waals surface area contributed by atoms with Crippen molar-refractivity contribution in [2.24, 2.45) is 5.73 Å². The number of rotatable bonds is 5. The molecule has 1 aliphatic carbocycles. The number of thiazole rings is 1. The molecule has 2 aromatic rings. The van der Waals surface area contributed by atoms with Crippen LogP contribution in [0.1, 0.15) is 37.6 Å². The van der Waals surface area contributed by atoms with Crippen LogP contribution >= 0.6 is 11.3 Å². The molecule has 0 amide bonds. The van der Waals surface area contributed by atoms with Gasteiger partial charge in [0, 0.05) is 10.9 Å². The molecule has 1 heterocycles. The number of nitrogens with zero attached hydrogens (tertiary/aromatic N) is 1. The van der Waals surface area contributed by atoms with Crippen LogP contribution in [0.3, 0.4) is 0 Å². The summed E-state index contributed by atoms with van der Waals surface area (Å²) in [5, 5.41) is 3.18. The fourth-order valence-corrected chi connectivity index (χ4v) is 3.35. The van der Waals surface area contributed by atoms with Crippen LogP contribution in [0, 0.1) is 0 Å². The summed E-state index contributed by atoms with van der Waals surface area (Å²) >= 11 is 1.68. The third-order valence-corrected chi connectivity index (χ3v) is 4.86. The van der Waals surface area contributed by atoms with E-state index < -0.39 is 0 Å². The summed E-state index contributed by atoms with van der Waals surface area (Å²) in [5.41, 5.74) is 8.30. The molecule has 0 radical (unpaired) electrons. The maximum absolute atomic E-state index is 6.32. The molecule has 1 aromatic heterocycles. The maximum Gasteiger partial charge on any atom is 0.119 e. The summed E-state index contributed by atoms with van der Waals surface area (Å²) in [6.45, 7) is 2.87. The second-order valence-electron chi connectivity index (χ2n) is 5.42. The van der Waals surface area contributed by atoms with E-state index >= 15 is 0 Å². The number of hydrogen-bond donors (Lipinski definition) is 1. The van der Waals surface area contributed by atoms with Crippen molar-refractivity contribution >= 4 is 11.3 Å². The van der Waals surface area contributed by atoms with Crippen LogP contribution in [-0.4, -0.2) is 11.6 Å². The lowest BCUT2D eigenvalue weighted by atomic mass is 9.78. The van der Waals surface area contributed by atoms with Crippen molar-refractivity contribution in [1.29, 1.82) is 0 Å². The first-order chi connectivity index (χ1) is 9.71. The van der Waals surface area contributed by atoms with E-state index in [-0.39, 0.29) is 5.54 Å². The van der Waals surface area contributed by atoms with Gasteiger partial charge >= 0.3 is 0 Å². The Bertz CT molecular complexity index is 572. The summed E-state index contributed by atoms with van der Waals surface area (Å²) in [4.78, 5) is 4.72. The van der Waals surface area contributed by atoms with E-state index in [1.54, 1.807) is 11.3 Å². The third kappa shape index (κ3) is 2.58. The fourth-order valence-electron chi connectivity index (χ4n) is 2.35. The number of ether oxygens (including phenoxy) is 1. The molecule has 4 heteroatoms. The molecule has 1 aromatic carbocycles. The fraction of sp³-hybridized carbons (Fsp3) is 0.438. The summed E-state index contributed by atoms with van der Waals surface area (Å²) in [5.74, 6) is 0.917. The Balaban J connectivity index is 1.76. The van der Waals surface area contributed by atoms with E-state index in [1.165, 1.54) is 6.42 Å². The van der Waals surface area contributed by atoms with Gasteiger partial charge in [-0.25, -0.2) is 4.98 Å². The van der Waals surface area contributed by atoms with Gasteiger partial charge in [-0.2, -0.15) is 0 Å². The van der Waals surface area contributed by atoms with Crippen LogP contribution in [0.15, 0.2) is 29.6 Å². The molecule has 2 N–H and O–H groups in total. The molecule has 3 rings (SSSR count). The lowest BCUT2D eigenvalue weighted by Gasteiger charge is -2.35. The Hall–Kier alpha value is -1.39. The molecule has 0 atom stereocenters. The quantitative estimate of drug-likeness (QED) is 0.906. The molecule has 3 nitrogen and oxygen atoms in total. The van der Waals surface area contributed by atoms with Crippen molar-refractivity contribution < 1.29 is 4.74 Å². The van der Waals surface area contributed by atoms with Crippen molar-refractivity contribution in [3.8, 4) is 17.0 Å². The second-order valence-corrected chi connectivity index (χ2v) is 6.28. The van der Waals surface area contributed by atoms with Crippen LogP contribution in [0.25, 0.3) is 11.3 Å². The highest BCUT2D eigenvalue weighted by Gasteiger charge is 2.37. The van der Waals surface area contributed by atoms with Gasteiger partial charge in [0.25, 0.3) is 0 Å². The van der Waals surface area contributed by atoms with E-state index in [9.17, 15) is 0 Å². The van der Waals surface area contributed by atoms with E-state index in [1.807, 2.05) is 12.1 Å². The van der Waals surface area contributed by atoms with E-state index in [2.05, 4.69) is 24.4 Å². The number of nitrogens with two attached hydrogens (primary N) is 1. The molecule has 106 valence electrons. The predicted molar refractivity (Wildman–Crippen MR) is 83.1 cm³/mol. The average Bonchev–Trinajstić information content (AvgIpc) is 2.93. The predicted octanol–water partition coefficient (Wildman–Crippen LogP) is 3.94. The summed E-state index contributed by atoms with van der Waals surface area (Å²) < 4.78 is 5.59. The zero-order valence-corrected chi connectivity index (χ0v) is 12.6. The number of benzene rings is 1. The lowest BCUT2D eigenvalue weighted by Crippen LogP contribution is -2.43. The van der Waals surface area contributed by atoms with Gasteiger partial charge in [0.15, 0.2) is 0 Å². The van der Waals surface area contributed by atoms with E-state index in [0.717, 1.165) is 47.9 Å². The molecule has 0 bridgehead atoms. The Morgan fingerprint density at radius 2 is 2.05 bits per heavy atom. The zero-order chi connectivity index (χ0) is 14.0. The maximum atomic E-state index is 6.32. The van der Waals surface area contributed by atoms with Crippen molar-refractivity contribution in [2.45, 2.75) is 38.1 Å². The Labute approximate surface area is 123 Å². The van der Waals surface area contributed by atoms with Crippen LogP contribution in [0.5, 0.6) is 5.75 Å². The normalized spacial score (nSPS) is 16.7. The highest BCUT2D eigenvalue weighted by atomic mass is 32.1. The molecule has 20 heavy (non-hydrogen) atoms. The van der Waals surface area contributed by atoms with Gasteiger partial charge < -0.3 is 10.5 Å². The highest BCUT2D eigenvalue weighted by molar-refractivity contribution is 7.10. The van der Waals surface area contributed by atoms with Gasteiger partial charge in [0.2, 0.25) is 0 Å². The van der Waals surface area contributed by atoms with Gasteiger partial charge in [-0.1, -0.05) is 6.92 Å². The standard InChI is InChI=1S/C16H20N2OS/c1-2-10-19-13-6-4-12(5-7-13)14-11-20-15(18-14)16(17)8-3-9-16/h4-7,11H,2-3,8-10,17H2,1H3. The average molecular weight is 288 g/mol. The minimum Gasteiger partial charge on any atom is -0.494 e. The molecule has 0 unspecified atom stereocenters. The van der Waals surface area contributed by atoms with Gasteiger partial charge in [-0.15, -0.1) is 11.3 Å². The molecular weight excluding hydrogens is 268 g/mol. The lowest BCUT2D eigenvalue weighted by molar-refractivity contribution is 0.253. The molecule has 0 saturated heterocycles. The van der Waals surface area contributed by atoms with Crippen molar-refractivity contribution in [2.75, 3.05) is 6.61 Å². The van der Waals surface area contributed by atoms with Gasteiger partial charge in [-0.05, 0) is 49.9 Å². The van der Waals surface area contributed by atoms with Gasteiger partial charge in [0.05, 0.1) is 17.8 Å². The SMILES string of the molecule is CCCOc1ccc(-c2csc(C3(N)CCC3)n2)cc1. The monoisotopic (exact) mass is 288 g/mol. The van der Waals surface area contributed by atoms with E-state index in [4.69, 9.17) is 15.5 Å². The van der Waals surface area contributed by atoms with Crippen molar-refractivity contribution in [3.05, 3.63) is 34.7 Å². The largest absolute Gasteiger partial charge is 0.494 e. The van der Waals surface area contributed by atoms with Crippen molar-refractivity contribution in [1.82, 2.24) is 4.98 Å². The Morgan fingerprint density at radius 1 is 1.30 bits per heavy atom. The first-order valence-corrected chi connectivity index (χ1v) is 8.07. The first kappa shape index (κ1) is 13.6. The topological polar surface area (TPSA) is 48.1 Å². The smallest absolute Gasteiger partial charge is 0.119 e. The molecular formula is C16H20N2OS. The van der Waals surface area contributed by atoms with Crippen molar-refractivity contribution in [3.63, 3.8) is 0 Å². The Morgan fingerprint density at radius 3 is 2.65 bits per heavy atom. The van der Waals surface area contributed by atoms with Crippen LogP contribution in [0.2, 0.25) is 0 Å². The molecule has 0 spiro atoms. The third-order valence-electron chi connectivity index (χ3n) is 3.80. The summed E-state index contributed by atoms with van der Waals surface area (Å²) in [6, 6.07) is 8.14.